The number of aryl methyl sites for hydroxylation is 1. The molecule has 1 aromatic heterocycles. The summed E-state index contributed by atoms with van der Waals surface area (Å²) in [5, 5.41) is 7.68. The van der Waals surface area contributed by atoms with Crippen LogP contribution in [0, 0.1) is 6.92 Å². The van der Waals surface area contributed by atoms with Crippen molar-refractivity contribution < 1.29 is 4.52 Å². The van der Waals surface area contributed by atoms with E-state index < -0.39 is 0 Å². The summed E-state index contributed by atoms with van der Waals surface area (Å²) in [4.78, 5) is 7.05. The van der Waals surface area contributed by atoms with E-state index in [-0.39, 0.29) is 23.9 Å². The van der Waals surface area contributed by atoms with Crippen molar-refractivity contribution in [1.82, 2.24) is 20.4 Å². The Hall–Kier alpha value is -1.43. The molecular weight excluding hydrogens is 312 g/mol. The molecule has 1 unspecified atom stereocenters. The lowest BCUT2D eigenvalue weighted by Crippen LogP contribution is -2.44. The van der Waals surface area contributed by atoms with Gasteiger partial charge >= 0.3 is 0 Å². The van der Waals surface area contributed by atoms with Gasteiger partial charge in [-0.05, 0) is 32.4 Å². The van der Waals surface area contributed by atoms with Crippen LogP contribution in [0.25, 0.3) is 0 Å². The molecule has 1 aromatic carbocycles. The second-order valence-electron chi connectivity index (χ2n) is 6.61. The molecule has 0 radical (unpaired) electrons. The quantitative estimate of drug-likeness (QED) is 0.934. The van der Waals surface area contributed by atoms with Crippen molar-refractivity contribution in [3.8, 4) is 0 Å². The Bertz CT molecular complexity index is 683. The van der Waals surface area contributed by atoms with E-state index >= 15 is 0 Å². The van der Waals surface area contributed by atoms with E-state index in [1.807, 2.05) is 0 Å². The van der Waals surface area contributed by atoms with Crippen molar-refractivity contribution in [2.24, 2.45) is 0 Å². The molecule has 1 N–H and O–H groups in total. The topological polar surface area (TPSA) is 54.2 Å². The normalized spacial score (nSPS) is 23.3. The highest BCUT2D eigenvalue weighted by Gasteiger charge is 2.51. The number of aromatic nitrogens is 2. The highest BCUT2D eigenvalue weighted by Crippen LogP contribution is 2.53. The molecule has 124 valence electrons. The van der Waals surface area contributed by atoms with Crippen LogP contribution in [0.15, 0.2) is 28.8 Å². The number of hydrogen-bond acceptors (Lipinski definition) is 5. The van der Waals surface area contributed by atoms with Crippen LogP contribution in [0.5, 0.6) is 0 Å². The second-order valence-corrected chi connectivity index (χ2v) is 6.61. The zero-order valence-electron chi connectivity index (χ0n) is 13.6. The first-order chi connectivity index (χ1) is 10.7. The molecule has 0 spiro atoms. The van der Waals surface area contributed by atoms with E-state index in [0.29, 0.717) is 0 Å². The van der Waals surface area contributed by atoms with Crippen molar-refractivity contribution in [1.29, 1.82) is 0 Å². The van der Waals surface area contributed by atoms with Crippen molar-refractivity contribution in [2.75, 3.05) is 26.7 Å². The van der Waals surface area contributed by atoms with Gasteiger partial charge in [0, 0.05) is 19.6 Å². The van der Waals surface area contributed by atoms with Crippen LogP contribution < -0.4 is 5.32 Å². The lowest BCUT2D eigenvalue weighted by atomic mass is 9.94. The minimum atomic E-state index is -0.0437. The molecule has 2 heterocycles. The van der Waals surface area contributed by atoms with E-state index in [2.05, 4.69) is 53.6 Å². The maximum atomic E-state index is 5.67. The van der Waals surface area contributed by atoms with Gasteiger partial charge in [-0.3, -0.25) is 4.90 Å². The molecule has 0 amide bonds. The summed E-state index contributed by atoms with van der Waals surface area (Å²) in [5.41, 5.74) is 2.54. The first kappa shape index (κ1) is 16.4. The molecular formula is C17H23ClN4O. The third kappa shape index (κ3) is 2.89. The molecule has 1 saturated heterocycles. The highest BCUT2D eigenvalue weighted by molar-refractivity contribution is 5.85. The van der Waals surface area contributed by atoms with E-state index in [4.69, 9.17) is 9.51 Å². The molecule has 1 saturated carbocycles. The summed E-state index contributed by atoms with van der Waals surface area (Å²) in [6.07, 6.45) is 2.19. The fraction of sp³-hybridized carbons (Fsp3) is 0.529. The van der Waals surface area contributed by atoms with Gasteiger partial charge in [0.15, 0.2) is 5.82 Å². The molecule has 4 rings (SSSR count). The van der Waals surface area contributed by atoms with Crippen LogP contribution in [0.3, 0.4) is 0 Å². The standard InChI is InChI=1S/C17H22N4O.ClH/c1-12-4-3-5-13(10-12)17(6-7-17)16-19-15(20-22-16)14-11-18-8-9-21(14)2;/h3-5,10,14,18H,6-9,11H2,1-2H3;1H. The summed E-state index contributed by atoms with van der Waals surface area (Å²) < 4.78 is 5.67. The summed E-state index contributed by atoms with van der Waals surface area (Å²) in [6, 6.07) is 8.87. The Morgan fingerprint density at radius 1 is 1.35 bits per heavy atom. The van der Waals surface area contributed by atoms with Crippen molar-refractivity contribution in [3.63, 3.8) is 0 Å². The molecule has 2 aromatic rings. The molecule has 1 aliphatic carbocycles. The Balaban J connectivity index is 0.00000156. The van der Waals surface area contributed by atoms with Crippen LogP contribution in [0.4, 0.5) is 0 Å². The first-order valence-electron chi connectivity index (χ1n) is 8.01. The number of hydrogen-bond donors (Lipinski definition) is 1. The molecule has 0 bridgehead atoms. The van der Waals surface area contributed by atoms with Gasteiger partial charge in [0.25, 0.3) is 0 Å². The lowest BCUT2D eigenvalue weighted by Gasteiger charge is -2.30. The van der Waals surface area contributed by atoms with E-state index in [9.17, 15) is 0 Å². The monoisotopic (exact) mass is 334 g/mol. The molecule has 6 heteroatoms. The third-order valence-electron chi connectivity index (χ3n) is 4.98. The van der Waals surface area contributed by atoms with Gasteiger partial charge in [-0.25, -0.2) is 0 Å². The number of piperazine rings is 1. The summed E-state index contributed by atoms with van der Waals surface area (Å²) in [7, 11) is 2.12. The summed E-state index contributed by atoms with van der Waals surface area (Å²) in [5.74, 6) is 1.59. The van der Waals surface area contributed by atoms with Crippen molar-refractivity contribution >= 4 is 12.4 Å². The van der Waals surface area contributed by atoms with Gasteiger partial charge in [-0.1, -0.05) is 35.0 Å². The first-order valence-corrected chi connectivity index (χ1v) is 8.01. The number of likely N-dealkylation sites (N-methyl/N-ethyl adjacent to an activating group) is 1. The second kappa shape index (κ2) is 6.23. The Kier molecular flexibility index (Phi) is 4.45. The molecule has 23 heavy (non-hydrogen) atoms. The van der Waals surface area contributed by atoms with Crippen LogP contribution in [0.2, 0.25) is 0 Å². The van der Waals surface area contributed by atoms with Crippen molar-refractivity contribution in [3.05, 3.63) is 47.1 Å². The zero-order chi connectivity index (χ0) is 15.2. The van der Waals surface area contributed by atoms with Crippen LogP contribution in [0.1, 0.15) is 41.7 Å². The third-order valence-corrected chi connectivity index (χ3v) is 4.98. The summed E-state index contributed by atoms with van der Waals surface area (Å²) >= 11 is 0. The SMILES string of the molecule is Cc1cccc(C2(c3nc(C4CNCCN4C)no3)CC2)c1.Cl. The number of nitrogens with one attached hydrogen (secondary N) is 1. The average Bonchev–Trinajstić information content (AvgIpc) is 3.19. The predicted octanol–water partition coefficient (Wildman–Crippen LogP) is 2.46. The predicted molar refractivity (Wildman–Crippen MR) is 91.0 cm³/mol. The van der Waals surface area contributed by atoms with Gasteiger partial charge in [0.05, 0.1) is 11.5 Å². The molecule has 1 aliphatic heterocycles. The van der Waals surface area contributed by atoms with Crippen LogP contribution in [-0.2, 0) is 5.41 Å². The highest BCUT2D eigenvalue weighted by atomic mass is 35.5. The molecule has 2 aliphatic rings. The Labute approximate surface area is 142 Å². The Morgan fingerprint density at radius 3 is 2.87 bits per heavy atom. The zero-order valence-corrected chi connectivity index (χ0v) is 14.4. The molecule has 5 nitrogen and oxygen atoms in total. The maximum absolute atomic E-state index is 5.67. The van der Waals surface area contributed by atoms with E-state index in [1.54, 1.807) is 0 Å². The number of rotatable bonds is 3. The largest absolute Gasteiger partial charge is 0.338 e. The number of nitrogens with zero attached hydrogens (tertiary/aromatic N) is 3. The van der Waals surface area contributed by atoms with Gasteiger partial charge < -0.3 is 9.84 Å². The number of benzene rings is 1. The lowest BCUT2D eigenvalue weighted by molar-refractivity contribution is 0.190. The summed E-state index contributed by atoms with van der Waals surface area (Å²) in [6.45, 7) is 5.04. The maximum Gasteiger partial charge on any atom is 0.237 e. The fourth-order valence-electron chi connectivity index (χ4n) is 3.35. The Morgan fingerprint density at radius 2 is 2.17 bits per heavy atom. The average molecular weight is 335 g/mol. The van der Waals surface area contributed by atoms with Crippen LogP contribution >= 0.6 is 12.4 Å². The molecule has 2 fully saturated rings. The minimum Gasteiger partial charge on any atom is -0.338 e. The van der Waals surface area contributed by atoms with Gasteiger partial charge in [0.2, 0.25) is 5.89 Å². The van der Waals surface area contributed by atoms with Crippen LogP contribution in [-0.4, -0.2) is 41.7 Å². The van der Waals surface area contributed by atoms with Gasteiger partial charge in [-0.2, -0.15) is 4.98 Å². The number of halogens is 1. The van der Waals surface area contributed by atoms with Gasteiger partial charge in [0.1, 0.15) is 0 Å². The van der Waals surface area contributed by atoms with Gasteiger partial charge in [-0.15, -0.1) is 12.4 Å². The fourth-order valence-corrected chi connectivity index (χ4v) is 3.35. The van der Waals surface area contributed by atoms with E-state index in [0.717, 1.165) is 44.2 Å². The minimum absolute atomic E-state index is 0. The smallest absolute Gasteiger partial charge is 0.237 e. The van der Waals surface area contributed by atoms with Crippen molar-refractivity contribution in [2.45, 2.75) is 31.2 Å². The molecule has 1 atom stereocenters. The van der Waals surface area contributed by atoms with E-state index in [1.165, 1.54) is 11.1 Å².